The summed E-state index contributed by atoms with van der Waals surface area (Å²) in [6.45, 7) is 22.2. The molecule has 8 atom stereocenters. The third-order valence-electron chi connectivity index (χ3n) is 9.80. The van der Waals surface area contributed by atoms with Crippen LogP contribution in [0.1, 0.15) is 108 Å². The van der Waals surface area contributed by atoms with Crippen LogP contribution in [-0.4, -0.2) is 46.1 Å². The van der Waals surface area contributed by atoms with Gasteiger partial charge in [0, 0.05) is 46.4 Å². The molecular weight excluding hydrogens is 424 g/mol. The topological polar surface area (TPSA) is 82.3 Å². The van der Waals surface area contributed by atoms with E-state index in [0.29, 0.717) is 0 Å². The summed E-state index contributed by atoms with van der Waals surface area (Å²) in [6.07, 6.45) is 8.56. The average molecular weight is 477 g/mol. The molecule has 2 amide bonds. The van der Waals surface area contributed by atoms with Crippen LogP contribution in [0.5, 0.6) is 0 Å². The SMILES string of the molecule is CCC1(C)CC(NC(=O)/C=C/C(=O)NC2CC(C)(CC)NC(C)(CC)C2C)C(C)C(C)(CC)N1. The molecule has 4 N–H and O–H groups in total. The van der Waals surface area contributed by atoms with Crippen molar-refractivity contribution in [3.05, 3.63) is 12.2 Å². The van der Waals surface area contributed by atoms with Gasteiger partial charge in [0.2, 0.25) is 11.8 Å². The van der Waals surface area contributed by atoms with Gasteiger partial charge in [-0.2, -0.15) is 0 Å². The fraction of sp³-hybridized carbons (Fsp3) is 0.857. The largest absolute Gasteiger partial charge is 0.349 e. The highest BCUT2D eigenvalue weighted by molar-refractivity contribution is 5.96. The molecule has 2 aliphatic heterocycles. The Labute approximate surface area is 208 Å². The molecule has 0 aromatic carbocycles. The zero-order valence-corrected chi connectivity index (χ0v) is 23.5. The van der Waals surface area contributed by atoms with Gasteiger partial charge in [0.1, 0.15) is 0 Å². The molecule has 34 heavy (non-hydrogen) atoms. The first-order valence-electron chi connectivity index (χ1n) is 13.6. The number of carbonyl (C=O) groups excluding carboxylic acids is 2. The molecule has 6 heteroatoms. The summed E-state index contributed by atoms with van der Waals surface area (Å²) in [5.74, 6) is 0.191. The van der Waals surface area contributed by atoms with Crippen molar-refractivity contribution in [2.24, 2.45) is 11.8 Å². The lowest BCUT2D eigenvalue weighted by atomic mass is 9.69. The van der Waals surface area contributed by atoms with E-state index < -0.39 is 0 Å². The highest BCUT2D eigenvalue weighted by Crippen LogP contribution is 2.38. The van der Waals surface area contributed by atoms with Crippen LogP contribution in [0, 0.1) is 11.8 Å². The van der Waals surface area contributed by atoms with Crippen molar-refractivity contribution < 1.29 is 9.59 Å². The van der Waals surface area contributed by atoms with Gasteiger partial charge in [-0.15, -0.1) is 0 Å². The van der Waals surface area contributed by atoms with Crippen LogP contribution in [0.25, 0.3) is 0 Å². The average Bonchev–Trinajstić information content (AvgIpc) is 2.79. The number of hydrogen-bond acceptors (Lipinski definition) is 4. The lowest BCUT2D eigenvalue weighted by Crippen LogP contribution is -2.68. The summed E-state index contributed by atoms with van der Waals surface area (Å²) in [4.78, 5) is 25.6. The predicted octanol–water partition coefficient (Wildman–Crippen LogP) is 4.45. The lowest BCUT2D eigenvalue weighted by molar-refractivity contribution is -0.120. The Bertz CT molecular complexity index is 708. The minimum atomic E-state index is -0.194. The predicted molar refractivity (Wildman–Crippen MR) is 142 cm³/mol. The molecule has 0 saturated carbocycles. The molecule has 0 aliphatic carbocycles. The summed E-state index contributed by atoms with van der Waals surface area (Å²) < 4.78 is 0. The molecule has 0 bridgehead atoms. The number of amides is 2. The molecule has 2 heterocycles. The van der Waals surface area contributed by atoms with E-state index in [1.54, 1.807) is 0 Å². The first kappa shape index (κ1) is 28.8. The minimum absolute atomic E-state index is 0.0146. The van der Waals surface area contributed by atoms with Crippen LogP contribution in [0.15, 0.2) is 12.2 Å². The van der Waals surface area contributed by atoms with Crippen molar-refractivity contribution >= 4 is 11.8 Å². The van der Waals surface area contributed by atoms with E-state index in [9.17, 15) is 9.59 Å². The number of nitrogens with one attached hydrogen (secondary N) is 4. The Morgan fingerprint density at radius 2 is 1.03 bits per heavy atom. The maximum absolute atomic E-state index is 12.8. The number of piperidine rings is 2. The van der Waals surface area contributed by atoms with Crippen LogP contribution >= 0.6 is 0 Å². The normalized spacial score (nSPS) is 43.0. The molecule has 2 fully saturated rings. The van der Waals surface area contributed by atoms with Crippen LogP contribution < -0.4 is 21.3 Å². The molecule has 2 saturated heterocycles. The zero-order valence-electron chi connectivity index (χ0n) is 23.5. The van der Waals surface area contributed by atoms with Gasteiger partial charge in [-0.25, -0.2) is 0 Å². The van der Waals surface area contributed by atoms with Crippen LogP contribution in [0.2, 0.25) is 0 Å². The third kappa shape index (κ3) is 6.23. The molecule has 8 unspecified atom stereocenters. The lowest BCUT2D eigenvalue weighted by Gasteiger charge is -2.53. The maximum atomic E-state index is 12.8. The Kier molecular flexibility index (Phi) is 9.07. The first-order chi connectivity index (χ1) is 15.7. The van der Waals surface area contributed by atoms with E-state index >= 15 is 0 Å². The molecule has 196 valence electrons. The van der Waals surface area contributed by atoms with Gasteiger partial charge in [-0.1, -0.05) is 41.5 Å². The number of hydrogen-bond donors (Lipinski definition) is 4. The highest BCUT2D eigenvalue weighted by atomic mass is 16.2. The van der Waals surface area contributed by atoms with Crippen molar-refractivity contribution in [1.29, 1.82) is 0 Å². The Balaban J connectivity index is 2.05. The molecule has 0 aromatic heterocycles. The van der Waals surface area contributed by atoms with Crippen molar-refractivity contribution in [3.8, 4) is 0 Å². The van der Waals surface area contributed by atoms with Gasteiger partial charge in [0.25, 0.3) is 0 Å². The summed E-state index contributed by atoms with van der Waals surface area (Å²) in [7, 11) is 0. The summed E-state index contributed by atoms with van der Waals surface area (Å²) in [5.41, 5.74) is -0.102. The Morgan fingerprint density at radius 3 is 1.29 bits per heavy atom. The fourth-order valence-electron chi connectivity index (χ4n) is 6.17. The van der Waals surface area contributed by atoms with E-state index in [1.165, 1.54) is 12.2 Å². The molecular formula is C28H52N4O2. The molecule has 0 radical (unpaired) electrons. The Hall–Kier alpha value is -1.40. The number of rotatable bonds is 8. The second-order valence-electron chi connectivity index (χ2n) is 12.2. The molecule has 6 nitrogen and oxygen atoms in total. The van der Waals surface area contributed by atoms with Gasteiger partial charge < -0.3 is 21.3 Å². The van der Waals surface area contributed by atoms with E-state index in [4.69, 9.17) is 0 Å². The fourth-order valence-corrected chi connectivity index (χ4v) is 6.17. The van der Waals surface area contributed by atoms with E-state index in [1.807, 2.05) is 0 Å². The maximum Gasteiger partial charge on any atom is 0.244 e. The molecule has 0 spiro atoms. The van der Waals surface area contributed by atoms with Gasteiger partial charge in [0.05, 0.1) is 0 Å². The number of carbonyl (C=O) groups is 2. The van der Waals surface area contributed by atoms with Crippen molar-refractivity contribution in [3.63, 3.8) is 0 Å². The van der Waals surface area contributed by atoms with Gasteiger partial charge in [-0.05, 0) is 78.1 Å². The monoisotopic (exact) mass is 476 g/mol. The summed E-state index contributed by atoms with van der Waals surface area (Å²) in [6, 6.07) is 0.132. The van der Waals surface area contributed by atoms with E-state index in [-0.39, 0.29) is 57.9 Å². The Morgan fingerprint density at radius 1 is 0.706 bits per heavy atom. The first-order valence-corrected chi connectivity index (χ1v) is 13.6. The highest BCUT2D eigenvalue weighted by Gasteiger charge is 2.47. The summed E-state index contributed by atoms with van der Waals surface area (Å²) in [5, 5.41) is 14.1. The van der Waals surface area contributed by atoms with Gasteiger partial charge in [0.15, 0.2) is 0 Å². The van der Waals surface area contributed by atoms with Gasteiger partial charge in [-0.3, -0.25) is 9.59 Å². The second-order valence-corrected chi connectivity index (χ2v) is 12.2. The van der Waals surface area contributed by atoms with Crippen LogP contribution in [-0.2, 0) is 9.59 Å². The summed E-state index contributed by atoms with van der Waals surface area (Å²) >= 11 is 0. The minimum Gasteiger partial charge on any atom is -0.349 e. The van der Waals surface area contributed by atoms with Crippen molar-refractivity contribution in [2.45, 2.75) is 142 Å². The van der Waals surface area contributed by atoms with Gasteiger partial charge >= 0.3 is 0 Å². The van der Waals surface area contributed by atoms with Crippen LogP contribution in [0.4, 0.5) is 0 Å². The zero-order chi connectivity index (χ0) is 25.9. The van der Waals surface area contributed by atoms with Crippen LogP contribution in [0.3, 0.4) is 0 Å². The standard InChI is InChI=1S/C28H52N4O2/c1-11-25(7)17-21(19(5)27(9,13-3)31-25)29-23(33)15-16-24(34)30-22-18-26(8,12-2)32-28(10,14-4)20(22)6/h15-16,19-22,31-32H,11-14,17-18H2,1-10H3,(H,29,33)(H,30,34)/b16-15+. The van der Waals surface area contributed by atoms with Crippen molar-refractivity contribution in [2.75, 3.05) is 0 Å². The second kappa shape index (κ2) is 10.7. The van der Waals surface area contributed by atoms with Crippen molar-refractivity contribution in [1.82, 2.24) is 21.3 Å². The molecule has 0 aromatic rings. The smallest absolute Gasteiger partial charge is 0.244 e. The van der Waals surface area contributed by atoms with E-state index in [2.05, 4.69) is 90.5 Å². The molecule has 2 aliphatic rings. The third-order valence-corrected chi connectivity index (χ3v) is 9.80. The quantitative estimate of drug-likeness (QED) is 0.390. The molecule has 2 rings (SSSR count). The van der Waals surface area contributed by atoms with E-state index in [0.717, 1.165) is 38.5 Å².